The summed E-state index contributed by atoms with van der Waals surface area (Å²) in [6.07, 6.45) is 2.39. The summed E-state index contributed by atoms with van der Waals surface area (Å²) < 4.78 is 5.79. The predicted octanol–water partition coefficient (Wildman–Crippen LogP) is 0.828. The number of amides is 1. The number of thioether (sulfide) groups is 1. The largest absolute Gasteiger partial charge is 0.388 e. The lowest BCUT2D eigenvalue weighted by Crippen LogP contribution is -2.65. The first kappa shape index (κ1) is 24.2. The van der Waals surface area contributed by atoms with Gasteiger partial charge in [0.1, 0.15) is 29.9 Å². The number of aliphatic hydroxyl groups is 3. The number of alkyl halides is 1. The minimum absolute atomic E-state index is 0.174. The molecular formula is C19H35ClN2O5S. The van der Waals surface area contributed by atoms with Crippen molar-refractivity contribution in [2.24, 2.45) is 5.92 Å². The van der Waals surface area contributed by atoms with E-state index in [4.69, 9.17) is 16.3 Å². The highest BCUT2D eigenvalue weighted by atomic mass is 35.5. The summed E-state index contributed by atoms with van der Waals surface area (Å²) in [5.74, 6) is 0.316. The molecule has 2 aliphatic rings. The summed E-state index contributed by atoms with van der Waals surface area (Å²) in [5, 5.41) is 36.3. The number of rotatable bonds is 9. The molecule has 0 saturated carbocycles. The van der Waals surface area contributed by atoms with E-state index in [1.165, 1.54) is 31.0 Å². The van der Waals surface area contributed by atoms with E-state index in [0.717, 1.165) is 19.4 Å². The molecule has 0 spiro atoms. The van der Waals surface area contributed by atoms with Crippen LogP contribution in [0, 0.1) is 5.92 Å². The maximum atomic E-state index is 12.8. The van der Waals surface area contributed by atoms with E-state index < -0.39 is 41.3 Å². The first-order valence-electron chi connectivity index (χ1n) is 10.2. The molecule has 0 aromatic heterocycles. The smallest absolute Gasteiger partial charge is 0.237 e. The van der Waals surface area contributed by atoms with Crippen molar-refractivity contribution < 1.29 is 24.9 Å². The topological polar surface area (TPSA) is 111 Å². The van der Waals surface area contributed by atoms with Gasteiger partial charge in [-0.2, -0.15) is 0 Å². The molecule has 0 aliphatic carbocycles. The van der Waals surface area contributed by atoms with Crippen LogP contribution in [0.25, 0.3) is 0 Å². The number of ether oxygens (including phenoxy) is 1. The Bertz CT molecular complexity index is 499. The van der Waals surface area contributed by atoms with E-state index in [2.05, 4.69) is 17.6 Å². The minimum Gasteiger partial charge on any atom is -0.388 e. The van der Waals surface area contributed by atoms with Crippen LogP contribution in [0.4, 0.5) is 0 Å². The molecule has 1 unspecified atom stereocenters. The standard InChI is InChI=1S/C19H35ClN2O5S/c1-4-5-6-7-11-8-12(21-9-11)18(26)22-13(10(2)20)17-15(24)14(23)16(25)19(27-17)28-3/h10-17,19,21,23-25H,4-9H2,1-3H3,(H,22,26)/t10-,11?,12-,13+,14+,15-,16-,17-,19-/m1/s1. The number of unbranched alkanes of at least 4 members (excludes halogenated alkanes) is 2. The molecule has 2 heterocycles. The Morgan fingerprint density at radius 1 is 1.29 bits per heavy atom. The van der Waals surface area contributed by atoms with Crippen LogP contribution in [0.1, 0.15) is 46.0 Å². The molecule has 2 rings (SSSR count). The van der Waals surface area contributed by atoms with Crippen LogP contribution in [-0.4, -0.2) is 81.3 Å². The molecule has 164 valence electrons. The molecule has 0 aromatic rings. The van der Waals surface area contributed by atoms with Crippen molar-refractivity contribution in [3.05, 3.63) is 0 Å². The zero-order valence-electron chi connectivity index (χ0n) is 16.9. The zero-order chi connectivity index (χ0) is 20.8. The fourth-order valence-electron chi connectivity index (χ4n) is 4.00. The van der Waals surface area contributed by atoms with Crippen molar-refractivity contribution in [2.45, 2.75) is 93.3 Å². The van der Waals surface area contributed by atoms with Gasteiger partial charge in [0.2, 0.25) is 5.91 Å². The Morgan fingerprint density at radius 2 is 2.00 bits per heavy atom. The number of aliphatic hydroxyl groups excluding tert-OH is 3. The predicted molar refractivity (Wildman–Crippen MR) is 111 cm³/mol. The normalized spacial score (nSPS) is 38.2. The fraction of sp³-hybridized carbons (Fsp3) is 0.947. The van der Waals surface area contributed by atoms with Crippen LogP contribution in [-0.2, 0) is 9.53 Å². The van der Waals surface area contributed by atoms with Gasteiger partial charge >= 0.3 is 0 Å². The van der Waals surface area contributed by atoms with Gasteiger partial charge < -0.3 is 30.7 Å². The van der Waals surface area contributed by atoms with Crippen LogP contribution < -0.4 is 10.6 Å². The monoisotopic (exact) mass is 438 g/mol. The highest BCUT2D eigenvalue weighted by molar-refractivity contribution is 7.99. The molecule has 5 N–H and O–H groups in total. The third-order valence-corrected chi connectivity index (χ3v) is 6.88. The third kappa shape index (κ3) is 5.97. The SMILES string of the molecule is CCCCCC1CN[C@@H](C(=O)N[C@H]([C@H]2O[C@H](SC)[C@H](O)[C@@H](O)[C@H]2O)[C@@H](C)Cl)C1. The maximum Gasteiger partial charge on any atom is 0.237 e. The van der Waals surface area contributed by atoms with E-state index >= 15 is 0 Å². The fourth-order valence-corrected chi connectivity index (χ4v) is 4.89. The molecule has 0 radical (unpaired) electrons. The maximum absolute atomic E-state index is 12.8. The Labute approximate surface area is 176 Å². The summed E-state index contributed by atoms with van der Waals surface area (Å²) in [7, 11) is 0. The molecule has 28 heavy (non-hydrogen) atoms. The average Bonchev–Trinajstić information content (AvgIpc) is 3.14. The second kappa shape index (κ2) is 11.3. The Morgan fingerprint density at radius 3 is 2.61 bits per heavy atom. The molecule has 9 heteroatoms. The zero-order valence-corrected chi connectivity index (χ0v) is 18.5. The van der Waals surface area contributed by atoms with E-state index in [1.807, 2.05) is 0 Å². The first-order chi connectivity index (χ1) is 13.3. The van der Waals surface area contributed by atoms with Gasteiger partial charge in [-0.05, 0) is 38.5 Å². The highest BCUT2D eigenvalue weighted by Crippen LogP contribution is 2.30. The third-order valence-electron chi connectivity index (χ3n) is 5.75. The van der Waals surface area contributed by atoms with Crippen molar-refractivity contribution in [2.75, 3.05) is 12.8 Å². The highest BCUT2D eigenvalue weighted by Gasteiger charge is 2.48. The van der Waals surface area contributed by atoms with Crippen LogP contribution >= 0.6 is 23.4 Å². The number of halogens is 1. The Hall–Kier alpha value is -0.0900. The Kier molecular flexibility index (Phi) is 9.80. The molecule has 9 atom stereocenters. The van der Waals surface area contributed by atoms with Crippen molar-refractivity contribution in [1.82, 2.24) is 10.6 Å². The number of carbonyl (C=O) groups excluding carboxylic acids is 1. The van der Waals surface area contributed by atoms with Gasteiger partial charge in [0.25, 0.3) is 0 Å². The number of hydrogen-bond acceptors (Lipinski definition) is 7. The average molecular weight is 439 g/mol. The lowest BCUT2D eigenvalue weighted by Gasteiger charge is -2.44. The van der Waals surface area contributed by atoms with Crippen LogP contribution in [0.3, 0.4) is 0 Å². The summed E-state index contributed by atoms with van der Waals surface area (Å²) in [4.78, 5) is 12.8. The van der Waals surface area contributed by atoms with Crippen molar-refractivity contribution in [1.29, 1.82) is 0 Å². The lowest BCUT2D eigenvalue weighted by atomic mass is 9.92. The van der Waals surface area contributed by atoms with E-state index in [-0.39, 0.29) is 11.9 Å². The van der Waals surface area contributed by atoms with Crippen molar-refractivity contribution in [3.63, 3.8) is 0 Å². The second-order valence-electron chi connectivity index (χ2n) is 7.95. The van der Waals surface area contributed by atoms with E-state index in [9.17, 15) is 20.1 Å². The molecule has 2 aliphatic heterocycles. The molecule has 2 fully saturated rings. The van der Waals surface area contributed by atoms with Gasteiger partial charge in [-0.25, -0.2) is 0 Å². The van der Waals surface area contributed by atoms with Crippen molar-refractivity contribution >= 4 is 29.3 Å². The van der Waals surface area contributed by atoms with Crippen LogP contribution in [0.2, 0.25) is 0 Å². The quantitative estimate of drug-likeness (QED) is 0.268. The number of nitrogens with one attached hydrogen (secondary N) is 2. The molecule has 2 saturated heterocycles. The summed E-state index contributed by atoms with van der Waals surface area (Å²) in [5.41, 5.74) is -0.703. The van der Waals surface area contributed by atoms with Gasteiger partial charge in [-0.15, -0.1) is 23.4 Å². The van der Waals surface area contributed by atoms with Gasteiger partial charge in [0.05, 0.1) is 17.5 Å². The molecule has 1 amide bonds. The molecular weight excluding hydrogens is 404 g/mol. The molecule has 0 bridgehead atoms. The minimum atomic E-state index is -1.36. The molecule has 0 aromatic carbocycles. The summed E-state index contributed by atoms with van der Waals surface area (Å²) in [6, 6.07) is -0.987. The second-order valence-corrected chi connectivity index (χ2v) is 9.57. The summed E-state index contributed by atoms with van der Waals surface area (Å²) in [6.45, 7) is 4.71. The molecule has 7 nitrogen and oxygen atoms in total. The van der Waals surface area contributed by atoms with Crippen molar-refractivity contribution in [3.8, 4) is 0 Å². The Balaban J connectivity index is 1.98. The first-order valence-corrected chi connectivity index (χ1v) is 11.9. The van der Waals surface area contributed by atoms with Gasteiger partial charge in [0.15, 0.2) is 0 Å². The number of hydrogen-bond donors (Lipinski definition) is 5. The van der Waals surface area contributed by atoms with E-state index in [1.54, 1.807) is 13.2 Å². The van der Waals surface area contributed by atoms with Crippen LogP contribution in [0.5, 0.6) is 0 Å². The van der Waals surface area contributed by atoms with Gasteiger partial charge in [-0.1, -0.05) is 26.2 Å². The van der Waals surface area contributed by atoms with Crippen LogP contribution in [0.15, 0.2) is 0 Å². The number of carbonyl (C=O) groups is 1. The van der Waals surface area contributed by atoms with Gasteiger partial charge in [0, 0.05) is 0 Å². The lowest BCUT2D eigenvalue weighted by molar-refractivity contribution is -0.205. The van der Waals surface area contributed by atoms with Gasteiger partial charge in [-0.3, -0.25) is 4.79 Å². The van der Waals surface area contributed by atoms with E-state index in [0.29, 0.717) is 5.92 Å². The summed E-state index contributed by atoms with van der Waals surface area (Å²) >= 11 is 7.54.